The number of amides is 1. The smallest absolute Gasteiger partial charge is 0.366 e. The molecule has 1 atom stereocenters. The predicted molar refractivity (Wildman–Crippen MR) is 77.7 cm³/mol. The van der Waals surface area contributed by atoms with Crippen molar-refractivity contribution in [1.82, 2.24) is 4.90 Å². The van der Waals surface area contributed by atoms with Crippen LogP contribution in [0, 0.1) is 12.7 Å². The topological polar surface area (TPSA) is 54.5 Å². The number of likely N-dealkylation sites (tertiary alicyclic amines) is 1. The van der Waals surface area contributed by atoms with Gasteiger partial charge in [-0.1, -0.05) is 30.2 Å². The number of carbonyl (C=O) groups is 1. The van der Waals surface area contributed by atoms with Crippen molar-refractivity contribution >= 4 is 15.7 Å². The Morgan fingerprint density at radius 2 is 1.73 bits per heavy atom. The molecule has 22 heavy (non-hydrogen) atoms. The Morgan fingerprint density at radius 3 is 2.23 bits per heavy atom. The van der Waals surface area contributed by atoms with Crippen molar-refractivity contribution in [3.8, 4) is 0 Å². The van der Waals surface area contributed by atoms with Crippen LogP contribution in [0.5, 0.6) is 0 Å². The Labute approximate surface area is 157 Å². The second-order valence-electron chi connectivity index (χ2n) is 5.49. The van der Waals surface area contributed by atoms with Crippen molar-refractivity contribution in [2.45, 2.75) is 50.6 Å². The van der Waals surface area contributed by atoms with Gasteiger partial charge in [0.2, 0.25) is 5.91 Å². The third-order valence-corrected chi connectivity index (χ3v) is 5.14. The SMILES string of the molecule is Cc1ccc(S(=O)(=O)[CH-]C2CCC(=O)N2C(C)C)cc1.[Li+].[Li+]. The van der Waals surface area contributed by atoms with Gasteiger partial charge in [0.05, 0.1) is 9.84 Å². The van der Waals surface area contributed by atoms with Crippen LogP contribution in [0.1, 0.15) is 32.3 Å². The molecular formula is C15H20Li2NO3S+. The number of benzene rings is 1. The fourth-order valence-corrected chi connectivity index (χ4v) is 3.90. The largest absolute Gasteiger partial charge is 1.00 e. The van der Waals surface area contributed by atoms with Gasteiger partial charge < -0.3 is 4.90 Å². The molecule has 0 N–H and O–H groups in total. The van der Waals surface area contributed by atoms with Crippen molar-refractivity contribution in [1.29, 1.82) is 0 Å². The molecule has 1 aromatic rings. The first-order valence-corrected chi connectivity index (χ1v) is 8.33. The molecule has 2 rings (SSSR count). The molecule has 0 aliphatic carbocycles. The van der Waals surface area contributed by atoms with E-state index in [-0.39, 0.29) is 60.6 Å². The predicted octanol–water partition coefficient (Wildman–Crippen LogP) is -3.66. The van der Waals surface area contributed by atoms with Gasteiger partial charge in [-0.15, -0.1) is 0 Å². The van der Waals surface area contributed by atoms with E-state index < -0.39 is 9.84 Å². The van der Waals surface area contributed by atoms with E-state index in [4.69, 9.17) is 0 Å². The molecule has 1 aromatic carbocycles. The molecule has 0 radical (unpaired) electrons. The molecule has 0 spiro atoms. The number of hydrogen-bond acceptors (Lipinski definition) is 3. The zero-order valence-corrected chi connectivity index (χ0v) is 14.9. The van der Waals surface area contributed by atoms with Crippen molar-refractivity contribution in [2.75, 3.05) is 0 Å². The Hall–Kier alpha value is -0.165. The monoisotopic (exact) mass is 308 g/mol. The molecule has 7 heteroatoms. The molecule has 0 saturated carbocycles. The van der Waals surface area contributed by atoms with Gasteiger partial charge in [0.25, 0.3) is 0 Å². The molecule has 1 aliphatic heterocycles. The van der Waals surface area contributed by atoms with Crippen molar-refractivity contribution < 1.29 is 50.9 Å². The number of aryl methyl sites for hydroxylation is 1. The summed E-state index contributed by atoms with van der Waals surface area (Å²) in [5.74, 6) is 1.35. The molecule has 4 nitrogen and oxygen atoms in total. The standard InChI is InChI=1S/C15H20NO3S.2Li/c1-11(2)16-13(6-9-15(16)17)10-20(18,19)14-7-4-12(3)5-8-14;;/h4-5,7-8,10-11,13H,6,9H2,1-3H3;;/q-1;2*+1. The molecule has 0 bridgehead atoms. The van der Waals surface area contributed by atoms with Gasteiger partial charge in [0, 0.05) is 17.4 Å². The maximum Gasteiger partial charge on any atom is 1.00 e. The molecule has 1 aliphatic rings. The van der Waals surface area contributed by atoms with Gasteiger partial charge in [-0.05, 0) is 32.9 Å². The first kappa shape index (κ1) is 21.8. The molecule has 1 saturated heterocycles. The van der Waals surface area contributed by atoms with Crippen LogP contribution in [-0.2, 0) is 14.6 Å². The molecule has 0 aromatic heterocycles. The van der Waals surface area contributed by atoms with Crippen LogP contribution in [0.2, 0.25) is 0 Å². The summed E-state index contributed by atoms with van der Waals surface area (Å²) in [7, 11) is -3.47. The minimum absolute atomic E-state index is 0. The molecule has 110 valence electrons. The fourth-order valence-electron chi connectivity index (χ4n) is 2.54. The van der Waals surface area contributed by atoms with Crippen LogP contribution in [0.3, 0.4) is 0 Å². The van der Waals surface area contributed by atoms with Crippen molar-refractivity contribution in [3.05, 3.63) is 35.6 Å². The Bertz CT molecular complexity index is 600. The van der Waals surface area contributed by atoms with E-state index in [1.807, 2.05) is 20.8 Å². The van der Waals surface area contributed by atoms with Crippen LogP contribution >= 0.6 is 0 Å². The molecule has 1 heterocycles. The number of hydrogen-bond donors (Lipinski definition) is 0. The van der Waals surface area contributed by atoms with E-state index in [9.17, 15) is 13.2 Å². The summed E-state index contributed by atoms with van der Waals surface area (Å²) >= 11 is 0. The van der Waals surface area contributed by atoms with Crippen LogP contribution in [0.4, 0.5) is 0 Å². The summed E-state index contributed by atoms with van der Waals surface area (Å²) in [6.45, 7) is 5.72. The third kappa shape index (κ3) is 4.92. The summed E-state index contributed by atoms with van der Waals surface area (Å²) in [4.78, 5) is 13.7. The minimum atomic E-state index is -3.47. The Balaban J connectivity index is 0.00000220. The number of carbonyl (C=O) groups excluding carboxylic acids is 1. The summed E-state index contributed by atoms with van der Waals surface area (Å²) in [6.07, 6.45) is 0.991. The maximum absolute atomic E-state index is 12.4. The molecule has 1 fully saturated rings. The molecule has 1 amide bonds. The second-order valence-corrected chi connectivity index (χ2v) is 7.33. The van der Waals surface area contributed by atoms with Gasteiger partial charge in [-0.25, -0.2) is 0 Å². The summed E-state index contributed by atoms with van der Waals surface area (Å²) in [5, 5.41) is 0. The molecule has 1 unspecified atom stereocenters. The van der Waals surface area contributed by atoms with Crippen LogP contribution in [0.25, 0.3) is 0 Å². The van der Waals surface area contributed by atoms with E-state index in [1.54, 1.807) is 29.2 Å². The van der Waals surface area contributed by atoms with Gasteiger partial charge >= 0.3 is 37.7 Å². The zero-order chi connectivity index (χ0) is 14.9. The van der Waals surface area contributed by atoms with Crippen LogP contribution < -0.4 is 37.7 Å². The van der Waals surface area contributed by atoms with Gasteiger partial charge in [-0.3, -0.25) is 13.2 Å². The van der Waals surface area contributed by atoms with Gasteiger partial charge in [-0.2, -0.15) is 5.75 Å². The fraction of sp³-hybridized carbons (Fsp3) is 0.467. The number of rotatable bonds is 4. The summed E-state index contributed by atoms with van der Waals surface area (Å²) in [5.41, 5.74) is 1.02. The zero-order valence-electron chi connectivity index (χ0n) is 14.0. The number of sulfone groups is 1. The van der Waals surface area contributed by atoms with E-state index in [0.717, 1.165) is 5.56 Å². The summed E-state index contributed by atoms with van der Waals surface area (Å²) < 4.78 is 24.8. The van der Waals surface area contributed by atoms with Crippen LogP contribution in [0.15, 0.2) is 29.2 Å². The third-order valence-electron chi connectivity index (χ3n) is 3.54. The summed E-state index contributed by atoms with van der Waals surface area (Å²) in [6, 6.07) is 6.46. The first-order chi connectivity index (χ1) is 9.31. The quantitative estimate of drug-likeness (QED) is 0.426. The van der Waals surface area contributed by atoms with E-state index in [1.165, 1.54) is 5.75 Å². The van der Waals surface area contributed by atoms with Crippen molar-refractivity contribution in [2.24, 2.45) is 0 Å². The van der Waals surface area contributed by atoms with Gasteiger partial charge in [0.1, 0.15) is 0 Å². The minimum Gasteiger partial charge on any atom is -0.366 e. The van der Waals surface area contributed by atoms with Crippen LogP contribution in [-0.4, -0.2) is 31.3 Å². The average molecular weight is 308 g/mol. The second kappa shape index (κ2) is 8.62. The van der Waals surface area contributed by atoms with E-state index in [0.29, 0.717) is 12.8 Å². The average Bonchev–Trinajstić information content (AvgIpc) is 2.70. The van der Waals surface area contributed by atoms with Gasteiger partial charge in [0.15, 0.2) is 0 Å². The number of nitrogens with zero attached hydrogens (tertiary/aromatic N) is 1. The van der Waals surface area contributed by atoms with E-state index in [2.05, 4.69) is 0 Å². The normalized spacial score (nSPS) is 18.1. The molecular weight excluding hydrogens is 288 g/mol. The Morgan fingerprint density at radius 1 is 1.18 bits per heavy atom. The Kier molecular flexibility index (Phi) is 8.56. The van der Waals surface area contributed by atoms with E-state index >= 15 is 0 Å². The maximum atomic E-state index is 12.4. The first-order valence-electron chi connectivity index (χ1n) is 6.79. The van der Waals surface area contributed by atoms with Crippen molar-refractivity contribution in [3.63, 3.8) is 0 Å².